The monoisotopic (exact) mass is 277 g/mol. The van der Waals surface area contributed by atoms with Gasteiger partial charge in [0.25, 0.3) is 0 Å². The van der Waals surface area contributed by atoms with Crippen molar-refractivity contribution < 1.29 is 0 Å². The third-order valence-electron chi connectivity index (χ3n) is 4.67. The van der Waals surface area contributed by atoms with Crippen LogP contribution < -0.4 is 5.32 Å². The SMILES string of the molecule is CCCNC1CCCC1CCn1nc(CC)cc1CC. The molecule has 0 radical (unpaired) electrons. The fourth-order valence-electron chi connectivity index (χ4n) is 3.43. The minimum absolute atomic E-state index is 0.751. The molecule has 1 N–H and O–H groups in total. The van der Waals surface area contributed by atoms with Gasteiger partial charge in [0, 0.05) is 18.3 Å². The van der Waals surface area contributed by atoms with E-state index in [1.165, 1.54) is 50.0 Å². The summed E-state index contributed by atoms with van der Waals surface area (Å²) in [6, 6.07) is 3.03. The van der Waals surface area contributed by atoms with E-state index in [-0.39, 0.29) is 0 Å². The number of rotatable bonds is 8. The third-order valence-corrected chi connectivity index (χ3v) is 4.67. The van der Waals surface area contributed by atoms with E-state index in [4.69, 9.17) is 5.10 Å². The highest BCUT2D eigenvalue weighted by molar-refractivity contribution is 5.10. The molecule has 1 heterocycles. The summed E-state index contributed by atoms with van der Waals surface area (Å²) in [4.78, 5) is 0. The van der Waals surface area contributed by atoms with Gasteiger partial charge in [-0.25, -0.2) is 0 Å². The Hall–Kier alpha value is -0.830. The van der Waals surface area contributed by atoms with Gasteiger partial charge in [-0.3, -0.25) is 4.68 Å². The van der Waals surface area contributed by atoms with Crippen LogP contribution in [-0.2, 0) is 19.4 Å². The van der Waals surface area contributed by atoms with E-state index < -0.39 is 0 Å². The lowest BCUT2D eigenvalue weighted by Gasteiger charge is -2.21. The first-order chi connectivity index (χ1) is 9.78. The average molecular weight is 277 g/mol. The Morgan fingerprint density at radius 2 is 2.10 bits per heavy atom. The molecule has 3 nitrogen and oxygen atoms in total. The van der Waals surface area contributed by atoms with E-state index in [0.29, 0.717) is 0 Å². The summed E-state index contributed by atoms with van der Waals surface area (Å²) in [6.07, 6.45) is 8.81. The van der Waals surface area contributed by atoms with Crippen LogP contribution in [0.4, 0.5) is 0 Å². The third kappa shape index (κ3) is 3.85. The van der Waals surface area contributed by atoms with Crippen LogP contribution in [0, 0.1) is 5.92 Å². The van der Waals surface area contributed by atoms with Gasteiger partial charge in [0.05, 0.1) is 5.69 Å². The molecule has 1 aromatic rings. The van der Waals surface area contributed by atoms with Crippen LogP contribution in [0.1, 0.15) is 64.3 Å². The van der Waals surface area contributed by atoms with Gasteiger partial charge >= 0.3 is 0 Å². The van der Waals surface area contributed by atoms with Crippen molar-refractivity contribution in [1.29, 1.82) is 0 Å². The summed E-state index contributed by atoms with van der Waals surface area (Å²) in [7, 11) is 0. The van der Waals surface area contributed by atoms with Crippen molar-refractivity contribution in [3.8, 4) is 0 Å². The summed E-state index contributed by atoms with van der Waals surface area (Å²) in [5.74, 6) is 0.848. The van der Waals surface area contributed by atoms with Crippen LogP contribution in [0.25, 0.3) is 0 Å². The summed E-state index contributed by atoms with van der Waals surface area (Å²) in [6.45, 7) is 8.93. The van der Waals surface area contributed by atoms with Crippen LogP contribution in [0.5, 0.6) is 0 Å². The molecule has 1 fully saturated rings. The normalized spacial score (nSPS) is 22.6. The molecule has 1 saturated carbocycles. The molecule has 0 aliphatic heterocycles. The second-order valence-corrected chi connectivity index (χ2v) is 6.10. The second kappa shape index (κ2) is 7.82. The number of nitrogens with zero attached hydrogens (tertiary/aromatic N) is 2. The van der Waals surface area contributed by atoms with Crippen LogP contribution in [0.15, 0.2) is 6.07 Å². The number of aryl methyl sites for hydroxylation is 3. The van der Waals surface area contributed by atoms with Gasteiger partial charge in [0.1, 0.15) is 0 Å². The molecule has 3 heteroatoms. The molecule has 20 heavy (non-hydrogen) atoms. The van der Waals surface area contributed by atoms with E-state index in [1.54, 1.807) is 0 Å². The number of aromatic nitrogens is 2. The summed E-state index contributed by atoms with van der Waals surface area (Å²) in [5.41, 5.74) is 2.65. The Morgan fingerprint density at radius 1 is 1.25 bits per heavy atom. The minimum atomic E-state index is 0.751. The number of hydrogen-bond acceptors (Lipinski definition) is 2. The molecule has 2 atom stereocenters. The number of nitrogens with one attached hydrogen (secondary N) is 1. The molecule has 0 spiro atoms. The lowest BCUT2D eigenvalue weighted by Crippen LogP contribution is -2.33. The topological polar surface area (TPSA) is 29.9 Å². The first-order valence-electron chi connectivity index (χ1n) is 8.57. The summed E-state index contributed by atoms with van der Waals surface area (Å²) < 4.78 is 2.26. The van der Waals surface area contributed by atoms with Crippen molar-refractivity contribution in [3.63, 3.8) is 0 Å². The highest BCUT2D eigenvalue weighted by atomic mass is 15.3. The predicted octanol–water partition coefficient (Wildman–Crippen LogP) is 3.57. The van der Waals surface area contributed by atoms with Crippen molar-refractivity contribution in [2.45, 2.75) is 78.3 Å². The van der Waals surface area contributed by atoms with E-state index in [2.05, 4.69) is 36.8 Å². The van der Waals surface area contributed by atoms with Gasteiger partial charge in [-0.1, -0.05) is 27.2 Å². The highest BCUT2D eigenvalue weighted by Crippen LogP contribution is 2.29. The van der Waals surface area contributed by atoms with Gasteiger partial charge in [-0.05, 0) is 57.1 Å². The average Bonchev–Trinajstić information content (AvgIpc) is 3.08. The first-order valence-corrected chi connectivity index (χ1v) is 8.57. The Balaban J connectivity index is 1.89. The molecule has 1 aromatic heterocycles. The zero-order valence-corrected chi connectivity index (χ0v) is 13.5. The zero-order chi connectivity index (χ0) is 14.4. The maximum atomic E-state index is 4.74. The van der Waals surface area contributed by atoms with Crippen molar-refractivity contribution >= 4 is 0 Å². The molecule has 2 unspecified atom stereocenters. The van der Waals surface area contributed by atoms with Crippen LogP contribution in [-0.4, -0.2) is 22.4 Å². The molecule has 1 aliphatic carbocycles. The molecule has 0 amide bonds. The molecule has 0 saturated heterocycles. The zero-order valence-electron chi connectivity index (χ0n) is 13.5. The Bertz CT molecular complexity index is 397. The van der Waals surface area contributed by atoms with E-state index >= 15 is 0 Å². The summed E-state index contributed by atoms with van der Waals surface area (Å²) >= 11 is 0. The van der Waals surface area contributed by atoms with Crippen molar-refractivity contribution in [2.24, 2.45) is 5.92 Å². The van der Waals surface area contributed by atoms with Crippen molar-refractivity contribution in [3.05, 3.63) is 17.5 Å². The lowest BCUT2D eigenvalue weighted by molar-refractivity contribution is 0.352. The predicted molar refractivity (Wildman–Crippen MR) is 85.0 cm³/mol. The van der Waals surface area contributed by atoms with Crippen molar-refractivity contribution in [2.75, 3.05) is 6.54 Å². The Morgan fingerprint density at radius 3 is 2.80 bits per heavy atom. The van der Waals surface area contributed by atoms with Gasteiger partial charge in [0.15, 0.2) is 0 Å². The quantitative estimate of drug-likeness (QED) is 0.787. The highest BCUT2D eigenvalue weighted by Gasteiger charge is 2.26. The fraction of sp³-hybridized carbons (Fsp3) is 0.824. The van der Waals surface area contributed by atoms with Crippen LogP contribution in [0.3, 0.4) is 0 Å². The number of hydrogen-bond donors (Lipinski definition) is 1. The van der Waals surface area contributed by atoms with Crippen LogP contribution >= 0.6 is 0 Å². The van der Waals surface area contributed by atoms with E-state index in [0.717, 1.165) is 31.3 Å². The Labute approximate surface area is 124 Å². The maximum Gasteiger partial charge on any atom is 0.0624 e. The lowest BCUT2D eigenvalue weighted by atomic mass is 9.99. The Kier molecular flexibility index (Phi) is 6.08. The molecular weight excluding hydrogens is 246 g/mol. The fourth-order valence-corrected chi connectivity index (χ4v) is 3.43. The molecule has 2 rings (SSSR count). The van der Waals surface area contributed by atoms with Gasteiger partial charge < -0.3 is 5.32 Å². The molecular formula is C17H31N3. The minimum Gasteiger partial charge on any atom is -0.314 e. The summed E-state index contributed by atoms with van der Waals surface area (Å²) in [5, 5.41) is 8.48. The van der Waals surface area contributed by atoms with Gasteiger partial charge in [0.2, 0.25) is 0 Å². The molecule has 1 aliphatic rings. The standard InChI is InChI=1S/C17H31N3/c1-4-11-18-17-9-7-8-14(17)10-12-20-16(6-3)13-15(5-2)19-20/h13-14,17-18H,4-12H2,1-3H3. The largest absolute Gasteiger partial charge is 0.314 e. The maximum absolute atomic E-state index is 4.74. The molecule has 0 bridgehead atoms. The van der Waals surface area contributed by atoms with Gasteiger partial charge in [-0.15, -0.1) is 0 Å². The van der Waals surface area contributed by atoms with Crippen molar-refractivity contribution in [1.82, 2.24) is 15.1 Å². The van der Waals surface area contributed by atoms with Crippen LogP contribution in [0.2, 0.25) is 0 Å². The second-order valence-electron chi connectivity index (χ2n) is 6.10. The van der Waals surface area contributed by atoms with E-state index in [1.807, 2.05) is 0 Å². The van der Waals surface area contributed by atoms with E-state index in [9.17, 15) is 0 Å². The molecule has 0 aromatic carbocycles. The molecule has 114 valence electrons. The van der Waals surface area contributed by atoms with Gasteiger partial charge in [-0.2, -0.15) is 5.10 Å². The first kappa shape index (κ1) is 15.6. The smallest absolute Gasteiger partial charge is 0.0624 e.